The summed E-state index contributed by atoms with van der Waals surface area (Å²) in [5, 5.41) is 18.3. The summed E-state index contributed by atoms with van der Waals surface area (Å²) in [6.45, 7) is 6.50. The van der Waals surface area contributed by atoms with Crippen LogP contribution in [0.1, 0.15) is 6.92 Å². The summed E-state index contributed by atoms with van der Waals surface area (Å²) >= 11 is 0. The summed E-state index contributed by atoms with van der Waals surface area (Å²) in [7, 11) is 0. The van der Waals surface area contributed by atoms with Gasteiger partial charge in [-0.3, -0.25) is 4.98 Å². The highest BCUT2D eigenvalue weighted by atomic mass is 19.4. The summed E-state index contributed by atoms with van der Waals surface area (Å²) < 4.78 is 38.7. The third-order valence-corrected chi connectivity index (χ3v) is 5.54. The minimum atomic E-state index is -5.08. The summed E-state index contributed by atoms with van der Waals surface area (Å²) in [6.07, 6.45) is -3.13. The molecule has 0 aliphatic carbocycles. The lowest BCUT2D eigenvalue weighted by atomic mass is 10.1. The number of nitrogens with zero attached hydrogens (tertiary/aromatic N) is 6. The second-order valence-corrected chi connectivity index (χ2v) is 7.77. The Kier molecular flexibility index (Phi) is 7.05. The minimum absolute atomic E-state index is 0.230. The number of nitrogens with one attached hydrogen (secondary N) is 1. The van der Waals surface area contributed by atoms with Gasteiger partial charge in [-0.2, -0.15) is 13.2 Å². The van der Waals surface area contributed by atoms with Gasteiger partial charge in [0.25, 0.3) is 0 Å². The van der Waals surface area contributed by atoms with E-state index in [1.54, 1.807) is 0 Å². The Morgan fingerprint density at radius 2 is 1.83 bits per heavy atom. The molecule has 0 unspecified atom stereocenters. The monoisotopic (exact) mass is 504 g/mol. The number of halogens is 3. The van der Waals surface area contributed by atoms with Crippen LogP contribution < -0.4 is 16.0 Å². The molecule has 0 amide bonds. The van der Waals surface area contributed by atoms with E-state index in [0.29, 0.717) is 18.1 Å². The van der Waals surface area contributed by atoms with Crippen molar-refractivity contribution in [1.29, 1.82) is 0 Å². The number of carboxylic acids is 1. The van der Waals surface area contributed by atoms with Gasteiger partial charge in [0.1, 0.15) is 5.52 Å². The molecular weight excluding hydrogens is 481 g/mol. The smallest absolute Gasteiger partial charge is 0.475 e. The number of aromatic nitrogens is 5. The third-order valence-electron chi connectivity index (χ3n) is 5.54. The molecule has 1 aromatic carbocycles. The molecule has 0 atom stereocenters. The Morgan fingerprint density at radius 3 is 2.39 bits per heavy atom. The van der Waals surface area contributed by atoms with Gasteiger partial charge >= 0.3 is 12.1 Å². The topological polar surface area (TPSA) is 148 Å². The maximum atomic E-state index is 10.6. The maximum Gasteiger partial charge on any atom is 0.490 e. The largest absolute Gasteiger partial charge is 0.490 e. The second kappa shape index (κ2) is 10.2. The van der Waals surface area contributed by atoms with Crippen molar-refractivity contribution in [3.05, 3.63) is 36.5 Å². The van der Waals surface area contributed by atoms with Crippen LogP contribution in [0.5, 0.6) is 0 Å². The molecule has 1 aliphatic rings. The molecule has 1 aliphatic heterocycles. The Bertz CT molecular complexity index is 1350. The molecule has 0 radical (unpaired) electrons. The number of aryl methyl sites for hydroxylation is 1. The molecule has 3 aromatic heterocycles. The number of carboxylic acid groups (broad SMARTS) is 1. The highest BCUT2D eigenvalue weighted by Crippen LogP contribution is 2.36. The number of imidazole rings is 1. The number of benzene rings is 1. The molecular formula is C22H23F3N8O3. The molecule has 1 fully saturated rings. The van der Waals surface area contributed by atoms with Crippen LogP contribution in [-0.4, -0.2) is 68.3 Å². The van der Waals surface area contributed by atoms with Gasteiger partial charge in [-0.25, -0.2) is 14.4 Å². The molecule has 4 aromatic rings. The first-order chi connectivity index (χ1) is 17.2. The van der Waals surface area contributed by atoms with Gasteiger partial charge in [-0.1, -0.05) is 30.3 Å². The lowest BCUT2D eigenvalue weighted by Gasteiger charge is -2.30. The number of nitrogens with two attached hydrogens (primary N) is 1. The zero-order valence-corrected chi connectivity index (χ0v) is 19.2. The molecule has 14 heteroatoms. The van der Waals surface area contributed by atoms with Crippen LogP contribution in [0.2, 0.25) is 0 Å². The van der Waals surface area contributed by atoms with Crippen molar-refractivity contribution < 1.29 is 27.7 Å². The number of piperazine rings is 1. The van der Waals surface area contributed by atoms with Crippen molar-refractivity contribution in [2.75, 3.05) is 36.8 Å². The quantitative estimate of drug-likeness (QED) is 0.379. The highest BCUT2D eigenvalue weighted by Gasteiger charge is 2.38. The first-order valence-corrected chi connectivity index (χ1v) is 11.0. The van der Waals surface area contributed by atoms with Crippen LogP contribution in [0.15, 0.2) is 41.2 Å². The number of aliphatic carboxylic acids is 1. The van der Waals surface area contributed by atoms with Gasteiger partial charge in [0.2, 0.25) is 0 Å². The SMILES string of the molecule is CCn1c(-c2nonc2N)nc2c(-c3ccccc3)ncc(N3CCNCC3)c21.O=C(O)C(F)(F)F. The van der Waals surface area contributed by atoms with Crippen molar-refractivity contribution in [2.45, 2.75) is 19.6 Å². The molecule has 4 heterocycles. The first-order valence-electron chi connectivity index (χ1n) is 11.0. The number of carbonyl (C=O) groups is 1. The average Bonchev–Trinajstić information content (AvgIpc) is 3.47. The number of anilines is 2. The molecule has 4 N–H and O–H groups in total. The van der Waals surface area contributed by atoms with E-state index in [9.17, 15) is 13.2 Å². The van der Waals surface area contributed by atoms with Crippen LogP contribution in [0, 0.1) is 0 Å². The Balaban J connectivity index is 0.000000384. The summed E-state index contributed by atoms with van der Waals surface area (Å²) in [5.41, 5.74) is 11.2. The number of hydrogen-bond donors (Lipinski definition) is 3. The zero-order chi connectivity index (χ0) is 25.9. The van der Waals surface area contributed by atoms with E-state index >= 15 is 0 Å². The number of pyridine rings is 1. The summed E-state index contributed by atoms with van der Waals surface area (Å²) in [6, 6.07) is 10.1. The van der Waals surface area contributed by atoms with E-state index in [0.717, 1.165) is 54.2 Å². The second-order valence-electron chi connectivity index (χ2n) is 7.77. The van der Waals surface area contributed by atoms with Gasteiger partial charge < -0.3 is 25.6 Å². The Labute approximate surface area is 202 Å². The van der Waals surface area contributed by atoms with Crippen LogP contribution in [-0.2, 0) is 11.3 Å². The van der Waals surface area contributed by atoms with E-state index in [1.807, 2.05) is 36.5 Å². The molecule has 1 saturated heterocycles. The predicted octanol–water partition coefficient (Wildman–Crippen LogP) is 2.79. The van der Waals surface area contributed by atoms with E-state index < -0.39 is 12.1 Å². The lowest BCUT2D eigenvalue weighted by molar-refractivity contribution is -0.192. The van der Waals surface area contributed by atoms with E-state index in [1.165, 1.54) is 0 Å². The number of alkyl halides is 3. The Hall–Kier alpha value is -4.20. The van der Waals surface area contributed by atoms with Crippen molar-refractivity contribution in [2.24, 2.45) is 0 Å². The van der Waals surface area contributed by atoms with Gasteiger partial charge in [0, 0.05) is 38.3 Å². The minimum Gasteiger partial charge on any atom is -0.475 e. The van der Waals surface area contributed by atoms with E-state index in [2.05, 4.69) is 32.0 Å². The predicted molar refractivity (Wildman–Crippen MR) is 125 cm³/mol. The lowest BCUT2D eigenvalue weighted by Crippen LogP contribution is -2.43. The van der Waals surface area contributed by atoms with Crippen LogP contribution in [0.25, 0.3) is 33.8 Å². The zero-order valence-electron chi connectivity index (χ0n) is 19.2. The summed E-state index contributed by atoms with van der Waals surface area (Å²) in [4.78, 5) is 21.0. The van der Waals surface area contributed by atoms with Gasteiger partial charge in [-0.05, 0) is 17.2 Å². The highest BCUT2D eigenvalue weighted by molar-refractivity contribution is 5.99. The van der Waals surface area contributed by atoms with Gasteiger partial charge in [-0.15, -0.1) is 0 Å². The number of nitrogen functional groups attached to an aromatic ring is 1. The molecule has 0 spiro atoms. The van der Waals surface area contributed by atoms with Crippen LogP contribution in [0.3, 0.4) is 0 Å². The van der Waals surface area contributed by atoms with Gasteiger partial charge in [0.15, 0.2) is 17.3 Å². The Morgan fingerprint density at radius 1 is 1.17 bits per heavy atom. The fraction of sp³-hybridized carbons (Fsp3) is 0.318. The number of rotatable bonds is 4. The molecule has 11 nitrogen and oxygen atoms in total. The van der Waals surface area contributed by atoms with E-state index in [-0.39, 0.29) is 5.82 Å². The van der Waals surface area contributed by atoms with Crippen LogP contribution >= 0.6 is 0 Å². The molecule has 36 heavy (non-hydrogen) atoms. The van der Waals surface area contributed by atoms with Gasteiger partial charge in [0.05, 0.1) is 23.1 Å². The standard InChI is InChI=1S/C20H22N8O.C2HF3O2/c1-2-28-18-14(27-10-8-22-9-11-27)12-23-15(13-6-4-3-5-7-13)16(18)24-20(28)17-19(21)26-29-25-17;3-2(4,5)1(6)7/h3-7,12,22H,2,8-11H2,1H3,(H2,21,26);(H,6,7). The van der Waals surface area contributed by atoms with Crippen molar-refractivity contribution in [3.63, 3.8) is 0 Å². The summed E-state index contributed by atoms with van der Waals surface area (Å²) in [5.74, 6) is -1.89. The maximum absolute atomic E-state index is 10.6. The number of fused-ring (bicyclic) bond motifs is 1. The number of hydrogen-bond acceptors (Lipinski definition) is 9. The van der Waals surface area contributed by atoms with Crippen molar-refractivity contribution >= 4 is 28.5 Å². The van der Waals surface area contributed by atoms with Crippen molar-refractivity contribution in [1.82, 2.24) is 30.2 Å². The molecule has 190 valence electrons. The van der Waals surface area contributed by atoms with Crippen molar-refractivity contribution in [3.8, 4) is 22.8 Å². The molecule has 0 saturated carbocycles. The normalized spacial score (nSPS) is 13.9. The third kappa shape index (κ3) is 4.93. The fourth-order valence-corrected chi connectivity index (χ4v) is 3.91. The fourth-order valence-electron chi connectivity index (χ4n) is 3.91. The van der Waals surface area contributed by atoms with E-state index in [4.69, 9.17) is 30.2 Å². The molecule has 5 rings (SSSR count). The average molecular weight is 504 g/mol. The van der Waals surface area contributed by atoms with Crippen LogP contribution in [0.4, 0.5) is 24.7 Å². The first kappa shape index (κ1) is 24.9. The molecule has 0 bridgehead atoms.